The van der Waals surface area contributed by atoms with Crippen molar-refractivity contribution >= 4 is 11.8 Å². The lowest BCUT2D eigenvalue weighted by Gasteiger charge is -2.27. The zero-order valence-electron chi connectivity index (χ0n) is 11.9. The van der Waals surface area contributed by atoms with Crippen molar-refractivity contribution in [3.63, 3.8) is 0 Å². The molecule has 0 spiro atoms. The van der Waals surface area contributed by atoms with Crippen LogP contribution in [-0.2, 0) is 11.2 Å². The first-order valence-electron chi connectivity index (χ1n) is 7.02. The molecule has 3 nitrogen and oxygen atoms in total. The van der Waals surface area contributed by atoms with E-state index in [4.69, 9.17) is 5.11 Å². The Hall–Kier alpha value is -1.90. The second kappa shape index (κ2) is 6.04. The largest absolute Gasteiger partial charge is 0.475 e. The fraction of sp³-hybridized carbons (Fsp3) is 0.412. The fourth-order valence-corrected chi connectivity index (χ4v) is 2.95. The quantitative estimate of drug-likeness (QED) is 0.518. The van der Waals surface area contributed by atoms with Crippen LogP contribution in [0.5, 0.6) is 0 Å². The molecule has 3 heteroatoms. The molecule has 1 aliphatic rings. The summed E-state index contributed by atoms with van der Waals surface area (Å²) in [5.74, 6) is -1.25. The smallest absolute Gasteiger partial charge is 0.377 e. The van der Waals surface area contributed by atoms with Crippen LogP contribution in [0.2, 0.25) is 0 Å². The summed E-state index contributed by atoms with van der Waals surface area (Å²) in [6.45, 7) is 4.34. The van der Waals surface area contributed by atoms with E-state index in [1.165, 1.54) is 5.57 Å². The van der Waals surface area contributed by atoms with Crippen molar-refractivity contribution in [1.29, 1.82) is 0 Å². The Kier molecular flexibility index (Phi) is 4.38. The highest BCUT2D eigenvalue weighted by atomic mass is 16.4. The molecule has 2 unspecified atom stereocenters. The molecule has 1 aromatic carbocycles. The summed E-state index contributed by atoms with van der Waals surface area (Å²) in [7, 11) is 0. The maximum Gasteiger partial charge on any atom is 0.377 e. The summed E-state index contributed by atoms with van der Waals surface area (Å²) < 4.78 is 0. The maximum atomic E-state index is 11.7. The fourth-order valence-electron chi connectivity index (χ4n) is 2.95. The first kappa shape index (κ1) is 14.5. The molecule has 0 radical (unpaired) electrons. The highest BCUT2D eigenvalue weighted by molar-refractivity contribution is 6.40. The van der Waals surface area contributed by atoms with E-state index in [1.54, 1.807) is 12.1 Å². The Morgan fingerprint density at radius 1 is 1.30 bits per heavy atom. The SMILES string of the molecule is CC1=CC(C)C(Cc2ccccc2C(=O)C(=O)O)CC1. The molecule has 2 rings (SSSR count). The van der Waals surface area contributed by atoms with Crippen LogP contribution in [0, 0.1) is 11.8 Å². The number of Topliss-reactive ketones (excluding diaryl/α,β-unsaturated/α-hetero) is 1. The average molecular weight is 272 g/mol. The number of carboxylic acids is 1. The Morgan fingerprint density at radius 2 is 2.00 bits per heavy atom. The molecule has 106 valence electrons. The minimum Gasteiger partial charge on any atom is -0.475 e. The van der Waals surface area contributed by atoms with E-state index in [0.29, 0.717) is 17.4 Å². The number of carbonyl (C=O) groups is 2. The van der Waals surface area contributed by atoms with Gasteiger partial charge in [-0.2, -0.15) is 0 Å². The summed E-state index contributed by atoms with van der Waals surface area (Å²) in [5, 5.41) is 8.89. The number of aliphatic carboxylic acids is 1. The maximum absolute atomic E-state index is 11.7. The summed E-state index contributed by atoms with van der Waals surface area (Å²) in [6.07, 6.45) is 5.24. The molecule has 1 aliphatic carbocycles. The molecule has 1 aromatic rings. The Balaban J connectivity index is 2.22. The second-order valence-electron chi connectivity index (χ2n) is 5.67. The monoisotopic (exact) mass is 272 g/mol. The zero-order valence-corrected chi connectivity index (χ0v) is 11.9. The molecular weight excluding hydrogens is 252 g/mol. The van der Waals surface area contributed by atoms with E-state index in [-0.39, 0.29) is 0 Å². The van der Waals surface area contributed by atoms with Gasteiger partial charge in [0.1, 0.15) is 0 Å². The molecule has 0 bridgehead atoms. The lowest BCUT2D eigenvalue weighted by Crippen LogP contribution is -2.20. The zero-order chi connectivity index (χ0) is 14.7. The van der Waals surface area contributed by atoms with Crippen LogP contribution >= 0.6 is 0 Å². The first-order chi connectivity index (χ1) is 9.49. The number of carbonyl (C=O) groups excluding carboxylic acids is 1. The molecule has 2 atom stereocenters. The van der Waals surface area contributed by atoms with E-state index in [2.05, 4.69) is 19.9 Å². The van der Waals surface area contributed by atoms with Crippen LogP contribution < -0.4 is 0 Å². The summed E-state index contributed by atoms with van der Waals surface area (Å²) >= 11 is 0. The Morgan fingerprint density at radius 3 is 2.65 bits per heavy atom. The van der Waals surface area contributed by atoms with Crippen LogP contribution in [0.25, 0.3) is 0 Å². The van der Waals surface area contributed by atoms with Gasteiger partial charge in [0.05, 0.1) is 0 Å². The van der Waals surface area contributed by atoms with Crippen molar-refractivity contribution in [3.8, 4) is 0 Å². The average Bonchev–Trinajstić information content (AvgIpc) is 2.41. The molecule has 0 heterocycles. The molecule has 0 amide bonds. The minimum atomic E-state index is -1.38. The third-order valence-corrected chi connectivity index (χ3v) is 4.14. The lowest BCUT2D eigenvalue weighted by atomic mass is 9.78. The number of ketones is 1. The first-order valence-corrected chi connectivity index (χ1v) is 7.02. The molecule has 0 saturated heterocycles. The van der Waals surface area contributed by atoms with Gasteiger partial charge in [0, 0.05) is 5.56 Å². The highest BCUT2D eigenvalue weighted by Gasteiger charge is 2.24. The van der Waals surface area contributed by atoms with Crippen LogP contribution in [-0.4, -0.2) is 16.9 Å². The predicted molar refractivity (Wildman–Crippen MR) is 77.8 cm³/mol. The Bertz CT molecular complexity index is 557. The number of rotatable bonds is 4. The van der Waals surface area contributed by atoms with Crippen LogP contribution in [0.15, 0.2) is 35.9 Å². The molecule has 0 aromatic heterocycles. The van der Waals surface area contributed by atoms with Crippen molar-refractivity contribution < 1.29 is 14.7 Å². The third-order valence-electron chi connectivity index (χ3n) is 4.14. The van der Waals surface area contributed by atoms with Crippen LogP contribution in [0.4, 0.5) is 0 Å². The van der Waals surface area contributed by atoms with Gasteiger partial charge in [-0.3, -0.25) is 4.79 Å². The second-order valence-corrected chi connectivity index (χ2v) is 5.67. The standard InChI is InChI=1S/C17H20O3/c1-11-7-8-13(12(2)9-11)10-14-5-3-4-6-15(14)16(18)17(19)20/h3-6,9,12-13H,7-8,10H2,1-2H3,(H,19,20). The predicted octanol–water partition coefficient (Wildman–Crippen LogP) is 3.49. The molecule has 1 N–H and O–H groups in total. The van der Waals surface area contributed by atoms with Crippen molar-refractivity contribution in [2.24, 2.45) is 11.8 Å². The molecule has 20 heavy (non-hydrogen) atoms. The van der Waals surface area contributed by atoms with E-state index < -0.39 is 11.8 Å². The topological polar surface area (TPSA) is 54.4 Å². The number of hydrogen-bond acceptors (Lipinski definition) is 2. The van der Waals surface area contributed by atoms with Gasteiger partial charge in [0.2, 0.25) is 0 Å². The molecule has 0 saturated carbocycles. The van der Waals surface area contributed by atoms with E-state index in [1.807, 2.05) is 12.1 Å². The van der Waals surface area contributed by atoms with E-state index in [9.17, 15) is 9.59 Å². The lowest BCUT2D eigenvalue weighted by molar-refractivity contribution is -0.131. The van der Waals surface area contributed by atoms with Gasteiger partial charge >= 0.3 is 5.97 Å². The van der Waals surface area contributed by atoms with Gasteiger partial charge < -0.3 is 5.11 Å². The Labute approximate surface area is 119 Å². The summed E-state index contributed by atoms with van der Waals surface area (Å²) in [4.78, 5) is 22.6. The van der Waals surface area contributed by atoms with Gasteiger partial charge in [-0.1, -0.05) is 42.8 Å². The van der Waals surface area contributed by atoms with Crippen molar-refractivity contribution in [2.75, 3.05) is 0 Å². The van der Waals surface area contributed by atoms with Gasteiger partial charge in [-0.25, -0.2) is 4.79 Å². The van der Waals surface area contributed by atoms with Gasteiger partial charge in [-0.05, 0) is 43.6 Å². The molecular formula is C17H20O3. The number of benzene rings is 1. The normalized spacial score (nSPS) is 22.2. The van der Waals surface area contributed by atoms with Crippen molar-refractivity contribution in [2.45, 2.75) is 33.1 Å². The van der Waals surface area contributed by atoms with E-state index in [0.717, 1.165) is 24.8 Å². The molecule has 0 aliphatic heterocycles. The summed E-state index contributed by atoms with van der Waals surface area (Å²) in [5.41, 5.74) is 2.60. The summed E-state index contributed by atoms with van der Waals surface area (Å²) in [6, 6.07) is 7.06. The minimum absolute atomic E-state index is 0.332. The molecule has 0 fully saturated rings. The van der Waals surface area contributed by atoms with Crippen molar-refractivity contribution in [1.82, 2.24) is 0 Å². The number of allylic oxidation sites excluding steroid dienone is 2. The van der Waals surface area contributed by atoms with Crippen LogP contribution in [0.3, 0.4) is 0 Å². The third kappa shape index (κ3) is 3.16. The van der Waals surface area contributed by atoms with Gasteiger partial charge in [-0.15, -0.1) is 0 Å². The van der Waals surface area contributed by atoms with Crippen molar-refractivity contribution in [3.05, 3.63) is 47.0 Å². The van der Waals surface area contributed by atoms with Gasteiger partial charge in [0.15, 0.2) is 0 Å². The van der Waals surface area contributed by atoms with Crippen LogP contribution in [0.1, 0.15) is 42.6 Å². The van der Waals surface area contributed by atoms with Gasteiger partial charge in [0.25, 0.3) is 5.78 Å². The highest BCUT2D eigenvalue weighted by Crippen LogP contribution is 2.31. The number of carboxylic acid groups (broad SMARTS) is 1. The van der Waals surface area contributed by atoms with E-state index >= 15 is 0 Å². The number of hydrogen-bond donors (Lipinski definition) is 1.